The molecule has 1 N–H and O–H groups in total. The summed E-state index contributed by atoms with van der Waals surface area (Å²) in [5, 5.41) is 11.6. The van der Waals surface area contributed by atoms with E-state index in [2.05, 4.69) is 31.2 Å². The molecule has 19 heavy (non-hydrogen) atoms. The van der Waals surface area contributed by atoms with Crippen LogP contribution in [0.2, 0.25) is 0 Å². The summed E-state index contributed by atoms with van der Waals surface area (Å²) in [5.74, 6) is -0.212. The Morgan fingerprint density at radius 2 is 2.05 bits per heavy atom. The molecule has 0 aromatic carbocycles. The molecule has 6 heteroatoms. The summed E-state index contributed by atoms with van der Waals surface area (Å²) in [6, 6.07) is 5.34. The van der Waals surface area contributed by atoms with Crippen LogP contribution in [-0.4, -0.2) is 15.9 Å². The molecule has 0 aliphatic rings. The first-order valence-corrected chi connectivity index (χ1v) is 6.22. The number of nitriles is 1. The maximum Gasteiger partial charge on any atom is 0.228 e. The van der Waals surface area contributed by atoms with Crippen LogP contribution in [-0.2, 0) is 11.2 Å². The van der Waals surface area contributed by atoms with E-state index in [9.17, 15) is 4.79 Å². The molecule has 2 aromatic rings. The van der Waals surface area contributed by atoms with Crippen LogP contribution in [0.5, 0.6) is 0 Å². The number of hydrogen-bond donors (Lipinski definition) is 1. The molecule has 0 aliphatic carbocycles. The Hall–Kier alpha value is -2.26. The molecule has 0 aliphatic heterocycles. The molecule has 2 heterocycles. The number of rotatable bonds is 3. The molecule has 1 amide bonds. The Morgan fingerprint density at radius 1 is 1.32 bits per heavy atom. The highest BCUT2D eigenvalue weighted by Crippen LogP contribution is 2.17. The lowest BCUT2D eigenvalue weighted by molar-refractivity contribution is -0.115. The maximum atomic E-state index is 11.9. The third-order valence-corrected chi connectivity index (χ3v) is 3.18. The van der Waals surface area contributed by atoms with Gasteiger partial charge in [-0.05, 0) is 17.7 Å². The fraction of sp³-hybridized carbons (Fsp3) is 0.0769. The normalized spacial score (nSPS) is 9.68. The van der Waals surface area contributed by atoms with Crippen molar-refractivity contribution < 1.29 is 4.79 Å². The van der Waals surface area contributed by atoms with Crippen molar-refractivity contribution in [1.29, 1.82) is 5.26 Å². The monoisotopic (exact) mass is 316 g/mol. The fourth-order valence-corrected chi connectivity index (χ4v) is 1.86. The maximum absolute atomic E-state index is 11.9. The largest absolute Gasteiger partial charge is 0.325 e. The van der Waals surface area contributed by atoms with Crippen LogP contribution in [0.15, 0.2) is 41.4 Å². The number of halogens is 1. The van der Waals surface area contributed by atoms with Crippen LogP contribution in [0.4, 0.5) is 5.69 Å². The molecule has 0 unspecified atom stereocenters. The Labute approximate surface area is 118 Å². The Bertz CT molecular complexity index is 651. The lowest BCUT2D eigenvalue weighted by atomic mass is 10.2. The topological polar surface area (TPSA) is 78.7 Å². The first kappa shape index (κ1) is 13.2. The summed E-state index contributed by atoms with van der Waals surface area (Å²) in [7, 11) is 0. The number of aromatic nitrogens is 2. The van der Waals surface area contributed by atoms with E-state index in [0.29, 0.717) is 11.3 Å². The van der Waals surface area contributed by atoms with Crippen molar-refractivity contribution in [3.63, 3.8) is 0 Å². The average Bonchev–Trinajstić information content (AvgIpc) is 2.42. The van der Waals surface area contributed by atoms with E-state index < -0.39 is 0 Å². The zero-order valence-corrected chi connectivity index (χ0v) is 11.4. The van der Waals surface area contributed by atoms with Gasteiger partial charge < -0.3 is 5.32 Å². The second-order valence-corrected chi connectivity index (χ2v) is 4.58. The molecular weight excluding hydrogens is 308 g/mol. The number of anilines is 1. The number of amides is 1. The van der Waals surface area contributed by atoms with Crippen LogP contribution in [0.3, 0.4) is 0 Å². The van der Waals surface area contributed by atoms with E-state index in [1.54, 1.807) is 24.5 Å². The van der Waals surface area contributed by atoms with Gasteiger partial charge in [0, 0.05) is 29.3 Å². The summed E-state index contributed by atoms with van der Waals surface area (Å²) < 4.78 is 0.827. The highest BCUT2D eigenvalue weighted by molar-refractivity contribution is 9.10. The predicted molar refractivity (Wildman–Crippen MR) is 73.2 cm³/mol. The third kappa shape index (κ3) is 3.36. The van der Waals surface area contributed by atoms with Gasteiger partial charge in [-0.25, -0.2) is 0 Å². The van der Waals surface area contributed by atoms with Crippen LogP contribution < -0.4 is 5.32 Å². The summed E-state index contributed by atoms with van der Waals surface area (Å²) in [5.41, 5.74) is 1.58. The van der Waals surface area contributed by atoms with E-state index >= 15 is 0 Å². The number of carbonyl (C=O) groups is 1. The first-order chi connectivity index (χ1) is 9.20. The van der Waals surface area contributed by atoms with Gasteiger partial charge in [-0.2, -0.15) is 5.26 Å². The lowest BCUT2D eigenvalue weighted by Gasteiger charge is -2.07. The van der Waals surface area contributed by atoms with Gasteiger partial charge in [0.25, 0.3) is 0 Å². The second-order valence-electron chi connectivity index (χ2n) is 3.73. The number of carbonyl (C=O) groups excluding carboxylic acids is 1. The van der Waals surface area contributed by atoms with Gasteiger partial charge in [0.1, 0.15) is 6.07 Å². The van der Waals surface area contributed by atoms with Crippen molar-refractivity contribution in [2.45, 2.75) is 6.42 Å². The minimum atomic E-state index is -0.212. The minimum Gasteiger partial charge on any atom is -0.325 e. The molecule has 0 saturated carbocycles. The molecule has 94 valence electrons. The summed E-state index contributed by atoms with van der Waals surface area (Å²) in [6.07, 6.45) is 6.39. The summed E-state index contributed by atoms with van der Waals surface area (Å²) in [4.78, 5) is 19.7. The summed E-state index contributed by atoms with van der Waals surface area (Å²) >= 11 is 3.36. The van der Waals surface area contributed by atoms with E-state index in [1.807, 2.05) is 6.07 Å². The highest BCUT2D eigenvalue weighted by Gasteiger charge is 2.09. The van der Waals surface area contributed by atoms with Gasteiger partial charge in [-0.1, -0.05) is 15.9 Å². The summed E-state index contributed by atoms with van der Waals surface area (Å²) in [6.45, 7) is 0. The average molecular weight is 317 g/mol. The fourth-order valence-electron chi connectivity index (χ4n) is 1.50. The van der Waals surface area contributed by atoms with Crippen molar-refractivity contribution in [2.75, 3.05) is 5.32 Å². The van der Waals surface area contributed by atoms with E-state index in [1.165, 1.54) is 12.4 Å². The van der Waals surface area contributed by atoms with E-state index in [-0.39, 0.29) is 12.3 Å². The smallest absolute Gasteiger partial charge is 0.228 e. The molecule has 0 spiro atoms. The SMILES string of the molecule is N#Cc1cnccc1NC(=O)Cc1cnccc1Br. The number of nitrogens with zero attached hydrogens (tertiary/aromatic N) is 3. The zero-order valence-electron chi connectivity index (χ0n) is 9.80. The third-order valence-electron chi connectivity index (χ3n) is 2.41. The van der Waals surface area contributed by atoms with E-state index in [4.69, 9.17) is 5.26 Å². The second kappa shape index (κ2) is 6.07. The number of hydrogen-bond acceptors (Lipinski definition) is 4. The van der Waals surface area contributed by atoms with Gasteiger partial charge >= 0.3 is 0 Å². The van der Waals surface area contributed by atoms with Gasteiger partial charge in [-0.3, -0.25) is 14.8 Å². The van der Waals surface area contributed by atoms with Crippen molar-refractivity contribution in [3.8, 4) is 6.07 Å². The van der Waals surface area contributed by atoms with Crippen molar-refractivity contribution in [3.05, 3.63) is 52.5 Å². The Kier molecular flexibility index (Phi) is 4.21. The molecule has 5 nitrogen and oxygen atoms in total. The molecule has 0 fully saturated rings. The first-order valence-electron chi connectivity index (χ1n) is 5.43. The van der Waals surface area contributed by atoms with Gasteiger partial charge in [-0.15, -0.1) is 0 Å². The van der Waals surface area contributed by atoms with Crippen LogP contribution in [0.25, 0.3) is 0 Å². The van der Waals surface area contributed by atoms with Gasteiger partial charge in [0.15, 0.2) is 0 Å². The minimum absolute atomic E-state index is 0.182. The molecule has 2 aromatic heterocycles. The highest BCUT2D eigenvalue weighted by atomic mass is 79.9. The molecule has 0 saturated heterocycles. The van der Waals surface area contributed by atoms with Crippen LogP contribution >= 0.6 is 15.9 Å². The van der Waals surface area contributed by atoms with Crippen molar-refractivity contribution >= 4 is 27.5 Å². The van der Waals surface area contributed by atoms with E-state index in [0.717, 1.165) is 10.0 Å². The number of pyridine rings is 2. The standard InChI is InChI=1S/C13H9BrN4O/c14-11-1-3-16-7-9(11)5-13(19)18-12-2-4-17-8-10(12)6-15/h1-4,7-8H,5H2,(H,17,18,19). The quantitative estimate of drug-likeness (QED) is 0.942. The van der Waals surface area contributed by atoms with Gasteiger partial charge in [0.05, 0.1) is 17.7 Å². The molecule has 0 bridgehead atoms. The van der Waals surface area contributed by atoms with Crippen LogP contribution in [0, 0.1) is 11.3 Å². The molecular formula is C13H9BrN4O. The molecule has 0 atom stereocenters. The Morgan fingerprint density at radius 3 is 2.79 bits per heavy atom. The van der Waals surface area contributed by atoms with Crippen LogP contribution in [0.1, 0.15) is 11.1 Å². The van der Waals surface area contributed by atoms with Crippen molar-refractivity contribution in [2.24, 2.45) is 0 Å². The zero-order chi connectivity index (χ0) is 13.7. The molecule has 2 rings (SSSR count). The predicted octanol–water partition coefficient (Wildman–Crippen LogP) is 2.29. The lowest BCUT2D eigenvalue weighted by Crippen LogP contribution is -2.15. The Balaban J connectivity index is 2.11. The molecule has 0 radical (unpaired) electrons. The number of nitrogens with one attached hydrogen (secondary N) is 1. The van der Waals surface area contributed by atoms with Crippen molar-refractivity contribution in [1.82, 2.24) is 9.97 Å². The van der Waals surface area contributed by atoms with Gasteiger partial charge in [0.2, 0.25) is 5.91 Å².